The van der Waals surface area contributed by atoms with E-state index >= 15 is 0 Å². The number of ether oxygens (including phenoxy) is 2. The van der Waals surface area contributed by atoms with Crippen LogP contribution in [0.15, 0.2) is 41.9 Å². The summed E-state index contributed by atoms with van der Waals surface area (Å²) in [4.78, 5) is 13.3. The summed E-state index contributed by atoms with van der Waals surface area (Å²) in [5, 5.41) is 2.03. The molecule has 2 aromatic heterocycles. The average molecular weight is 311 g/mol. The number of carbonyl (C=O) groups is 1. The number of aromatic nitrogens is 1. The van der Waals surface area contributed by atoms with Gasteiger partial charge >= 0.3 is 0 Å². The zero-order chi connectivity index (χ0) is 15.3. The van der Waals surface area contributed by atoms with Gasteiger partial charge in [0.1, 0.15) is 16.4 Å². The maximum atomic E-state index is 12.5. The van der Waals surface area contributed by atoms with Crippen molar-refractivity contribution in [3.8, 4) is 28.3 Å². The zero-order valence-corrected chi connectivity index (χ0v) is 12.9. The van der Waals surface area contributed by atoms with E-state index in [9.17, 15) is 4.79 Å². The molecule has 4 nitrogen and oxygen atoms in total. The first-order valence-corrected chi connectivity index (χ1v) is 7.68. The van der Waals surface area contributed by atoms with Crippen LogP contribution in [0.2, 0.25) is 0 Å². The first-order chi connectivity index (χ1) is 10.7. The first-order valence-electron chi connectivity index (χ1n) is 6.80. The van der Waals surface area contributed by atoms with Crippen LogP contribution in [0.5, 0.6) is 11.5 Å². The Morgan fingerprint density at radius 3 is 2.45 bits per heavy atom. The van der Waals surface area contributed by atoms with Gasteiger partial charge in [-0.15, -0.1) is 11.3 Å². The SMILES string of the molecule is COc1ccc(-c2csc3c2-n2cc(OC)cc2C3=O)cc1. The molecule has 0 radical (unpaired) electrons. The van der Waals surface area contributed by atoms with Gasteiger partial charge in [-0.05, 0) is 17.7 Å². The molecule has 3 aromatic rings. The summed E-state index contributed by atoms with van der Waals surface area (Å²) < 4.78 is 12.4. The molecule has 0 saturated carbocycles. The van der Waals surface area contributed by atoms with E-state index < -0.39 is 0 Å². The third kappa shape index (κ3) is 1.72. The van der Waals surface area contributed by atoms with Crippen LogP contribution in [0.3, 0.4) is 0 Å². The van der Waals surface area contributed by atoms with Crippen molar-refractivity contribution < 1.29 is 14.3 Å². The maximum Gasteiger partial charge on any atom is 0.221 e. The number of rotatable bonds is 3. The lowest BCUT2D eigenvalue weighted by Crippen LogP contribution is -1.94. The summed E-state index contributed by atoms with van der Waals surface area (Å²) in [6.45, 7) is 0. The first kappa shape index (κ1) is 13.2. The monoisotopic (exact) mass is 311 g/mol. The van der Waals surface area contributed by atoms with Crippen LogP contribution < -0.4 is 9.47 Å². The molecule has 0 bridgehead atoms. The van der Waals surface area contributed by atoms with E-state index in [1.807, 2.05) is 40.4 Å². The predicted molar refractivity (Wildman–Crippen MR) is 85.6 cm³/mol. The largest absolute Gasteiger partial charge is 0.497 e. The number of nitrogens with zero attached hydrogens (tertiary/aromatic N) is 1. The highest BCUT2D eigenvalue weighted by molar-refractivity contribution is 7.13. The van der Waals surface area contributed by atoms with Gasteiger partial charge in [0.15, 0.2) is 0 Å². The highest BCUT2D eigenvalue weighted by Gasteiger charge is 2.32. The van der Waals surface area contributed by atoms with Gasteiger partial charge in [0, 0.05) is 17.0 Å². The number of hydrogen-bond donors (Lipinski definition) is 0. The van der Waals surface area contributed by atoms with Gasteiger partial charge in [0.25, 0.3) is 0 Å². The van der Waals surface area contributed by atoms with Crippen LogP contribution >= 0.6 is 11.3 Å². The quantitative estimate of drug-likeness (QED) is 0.578. The Morgan fingerprint density at radius 2 is 1.77 bits per heavy atom. The third-order valence-electron chi connectivity index (χ3n) is 3.88. The van der Waals surface area contributed by atoms with Crippen LogP contribution in [-0.4, -0.2) is 24.6 Å². The zero-order valence-electron chi connectivity index (χ0n) is 12.1. The lowest BCUT2D eigenvalue weighted by Gasteiger charge is -2.06. The summed E-state index contributed by atoms with van der Waals surface area (Å²) in [6, 6.07) is 9.64. The molecule has 0 aliphatic carbocycles. The minimum atomic E-state index is 0.0584. The van der Waals surface area contributed by atoms with E-state index in [2.05, 4.69) is 0 Å². The summed E-state index contributed by atoms with van der Waals surface area (Å²) in [6.07, 6.45) is 1.86. The fourth-order valence-electron chi connectivity index (χ4n) is 2.75. The van der Waals surface area contributed by atoms with Crippen molar-refractivity contribution in [3.63, 3.8) is 0 Å². The second kappa shape index (κ2) is 4.74. The Labute approximate surface area is 131 Å². The van der Waals surface area contributed by atoms with Crippen LogP contribution in [0.4, 0.5) is 0 Å². The maximum absolute atomic E-state index is 12.5. The smallest absolute Gasteiger partial charge is 0.221 e. The molecule has 1 aliphatic rings. The molecule has 4 rings (SSSR count). The highest BCUT2D eigenvalue weighted by atomic mass is 32.1. The van der Waals surface area contributed by atoms with E-state index in [-0.39, 0.29) is 5.78 Å². The Morgan fingerprint density at radius 1 is 1.05 bits per heavy atom. The van der Waals surface area contributed by atoms with Crippen molar-refractivity contribution in [2.45, 2.75) is 0 Å². The molecule has 3 heterocycles. The summed E-state index contributed by atoms with van der Waals surface area (Å²) >= 11 is 1.48. The fraction of sp³-hybridized carbons (Fsp3) is 0.118. The number of methoxy groups -OCH3 is 2. The Kier molecular flexibility index (Phi) is 2.84. The molecule has 0 saturated heterocycles. The molecule has 1 aliphatic heterocycles. The van der Waals surface area contributed by atoms with Crippen LogP contribution in [0, 0.1) is 0 Å². The Bertz CT molecular complexity index is 874. The minimum absolute atomic E-state index is 0.0584. The van der Waals surface area contributed by atoms with Crippen LogP contribution in [-0.2, 0) is 0 Å². The Balaban J connectivity index is 1.88. The topological polar surface area (TPSA) is 40.5 Å². The molecule has 0 atom stereocenters. The van der Waals surface area contributed by atoms with Gasteiger partial charge < -0.3 is 14.0 Å². The lowest BCUT2D eigenvalue weighted by molar-refractivity contribution is 0.104. The number of thiophene rings is 1. The van der Waals surface area contributed by atoms with Gasteiger partial charge in [-0.1, -0.05) is 12.1 Å². The molecular weight excluding hydrogens is 298 g/mol. The normalized spacial score (nSPS) is 12.2. The Hall–Kier alpha value is -2.53. The van der Waals surface area contributed by atoms with Gasteiger partial charge in [-0.25, -0.2) is 0 Å². The van der Waals surface area contributed by atoms with Crippen molar-refractivity contribution in [1.29, 1.82) is 0 Å². The average Bonchev–Trinajstić information content (AvgIpc) is 3.22. The second-order valence-electron chi connectivity index (χ2n) is 5.02. The molecule has 0 amide bonds. The van der Waals surface area contributed by atoms with Crippen molar-refractivity contribution in [1.82, 2.24) is 4.57 Å². The van der Waals surface area contributed by atoms with Crippen LogP contribution in [0.1, 0.15) is 15.4 Å². The molecule has 1 aromatic carbocycles. The molecule has 0 unspecified atom stereocenters. The summed E-state index contributed by atoms with van der Waals surface area (Å²) in [7, 11) is 3.25. The standard InChI is InChI=1S/C17H13NO3S/c1-20-11-5-3-10(4-6-11)13-9-22-17-15(13)18-8-12(21-2)7-14(18)16(17)19/h3-9H,1-2H3. The molecule has 110 valence electrons. The number of benzene rings is 1. The number of ketones is 1. The van der Waals surface area contributed by atoms with Gasteiger partial charge in [-0.2, -0.15) is 0 Å². The lowest BCUT2D eigenvalue weighted by atomic mass is 10.1. The van der Waals surface area contributed by atoms with E-state index in [0.29, 0.717) is 11.4 Å². The van der Waals surface area contributed by atoms with E-state index in [1.165, 1.54) is 11.3 Å². The van der Waals surface area contributed by atoms with Gasteiger partial charge in [0.05, 0.1) is 31.8 Å². The minimum Gasteiger partial charge on any atom is -0.497 e. The molecular formula is C17H13NO3S. The second-order valence-corrected chi connectivity index (χ2v) is 5.90. The summed E-state index contributed by atoms with van der Waals surface area (Å²) in [5.74, 6) is 1.57. The summed E-state index contributed by atoms with van der Waals surface area (Å²) in [5.41, 5.74) is 3.71. The van der Waals surface area contributed by atoms with E-state index in [0.717, 1.165) is 27.4 Å². The highest BCUT2D eigenvalue weighted by Crippen LogP contribution is 2.42. The van der Waals surface area contributed by atoms with Crippen molar-refractivity contribution in [2.75, 3.05) is 14.2 Å². The van der Waals surface area contributed by atoms with Crippen molar-refractivity contribution in [2.24, 2.45) is 0 Å². The van der Waals surface area contributed by atoms with Gasteiger partial charge in [-0.3, -0.25) is 4.79 Å². The molecule has 0 spiro atoms. The molecule has 0 fully saturated rings. The fourth-order valence-corrected chi connectivity index (χ4v) is 3.77. The predicted octanol–water partition coefficient (Wildman–Crippen LogP) is 3.77. The number of carbonyl (C=O) groups excluding carboxylic acids is 1. The molecule has 22 heavy (non-hydrogen) atoms. The van der Waals surface area contributed by atoms with Crippen LogP contribution in [0.25, 0.3) is 16.8 Å². The van der Waals surface area contributed by atoms with E-state index in [4.69, 9.17) is 9.47 Å². The number of fused-ring (bicyclic) bond motifs is 3. The van der Waals surface area contributed by atoms with E-state index in [1.54, 1.807) is 20.3 Å². The number of hydrogen-bond acceptors (Lipinski definition) is 4. The van der Waals surface area contributed by atoms with Gasteiger partial charge in [0.2, 0.25) is 5.78 Å². The van der Waals surface area contributed by atoms with Crippen molar-refractivity contribution >= 4 is 17.1 Å². The molecule has 0 N–H and O–H groups in total. The third-order valence-corrected chi connectivity index (χ3v) is 4.84. The molecule has 5 heteroatoms. The van der Waals surface area contributed by atoms with Crippen molar-refractivity contribution in [3.05, 3.63) is 52.5 Å².